The Labute approximate surface area is 198 Å². The van der Waals surface area contributed by atoms with Gasteiger partial charge in [0.25, 0.3) is 0 Å². The van der Waals surface area contributed by atoms with E-state index in [9.17, 15) is 13.2 Å². The van der Waals surface area contributed by atoms with Crippen molar-refractivity contribution in [3.8, 4) is 0 Å². The van der Waals surface area contributed by atoms with Crippen LogP contribution in [0.5, 0.6) is 0 Å². The smallest absolute Gasteiger partial charge is 0.245 e. The molecule has 2 aliphatic rings. The third-order valence-electron chi connectivity index (χ3n) is 5.78. The van der Waals surface area contributed by atoms with E-state index in [1.165, 1.54) is 4.31 Å². The number of hydrogen-bond acceptors (Lipinski definition) is 5. The number of amides is 1. The second-order valence-electron chi connectivity index (χ2n) is 7.94. The molecule has 0 radical (unpaired) electrons. The van der Waals surface area contributed by atoms with Crippen LogP contribution in [0.3, 0.4) is 0 Å². The van der Waals surface area contributed by atoms with Crippen LogP contribution in [0, 0.1) is 6.92 Å². The minimum atomic E-state index is -3.86. The van der Waals surface area contributed by atoms with Gasteiger partial charge in [0, 0.05) is 41.8 Å². The average Bonchev–Trinajstić information content (AvgIpc) is 3.21. The van der Waals surface area contributed by atoms with Gasteiger partial charge in [0.15, 0.2) is 0 Å². The van der Waals surface area contributed by atoms with Crippen molar-refractivity contribution in [3.63, 3.8) is 0 Å². The number of nitrogens with zero attached hydrogens (tertiary/aromatic N) is 3. The molecule has 2 fully saturated rings. The number of rotatable bonds is 5. The number of aryl methyl sites for hydroxylation is 1. The highest BCUT2D eigenvalue weighted by Gasteiger charge is 2.44. The van der Waals surface area contributed by atoms with Crippen molar-refractivity contribution < 1.29 is 17.9 Å². The van der Waals surface area contributed by atoms with E-state index in [4.69, 9.17) is 27.9 Å². The molecule has 0 bridgehead atoms. The van der Waals surface area contributed by atoms with Crippen LogP contribution in [0.25, 0.3) is 0 Å². The molecular formula is C22H25Cl2N3O4S. The average molecular weight is 498 g/mol. The summed E-state index contributed by atoms with van der Waals surface area (Å²) in [6.07, 6.45) is -0.848. The van der Waals surface area contributed by atoms with Gasteiger partial charge in [-0.25, -0.2) is 8.42 Å². The highest BCUT2D eigenvalue weighted by Crippen LogP contribution is 2.39. The second kappa shape index (κ2) is 9.67. The molecule has 32 heavy (non-hydrogen) atoms. The Balaban J connectivity index is 1.69. The first kappa shape index (κ1) is 23.5. The highest BCUT2D eigenvalue weighted by atomic mass is 35.5. The molecule has 1 unspecified atom stereocenters. The van der Waals surface area contributed by atoms with Crippen LogP contribution >= 0.6 is 23.2 Å². The third-order valence-corrected chi connectivity index (χ3v) is 8.21. The fourth-order valence-electron chi connectivity index (χ4n) is 4.04. The van der Waals surface area contributed by atoms with Gasteiger partial charge in [-0.1, -0.05) is 47.0 Å². The van der Waals surface area contributed by atoms with E-state index in [-0.39, 0.29) is 30.4 Å². The summed E-state index contributed by atoms with van der Waals surface area (Å²) < 4.78 is 33.8. The lowest BCUT2D eigenvalue weighted by Gasteiger charge is -2.33. The molecule has 4 rings (SSSR count). The SMILES string of the molecule is Cc1ccc(S(=O)(=O)N2CCN(C(=O)CN3CCOCC3)C2c2ccc(Cl)cc2Cl)cc1. The zero-order valence-electron chi connectivity index (χ0n) is 17.7. The number of ether oxygens (including phenoxy) is 1. The lowest BCUT2D eigenvalue weighted by atomic mass is 10.1. The van der Waals surface area contributed by atoms with Gasteiger partial charge in [0.1, 0.15) is 6.17 Å². The van der Waals surface area contributed by atoms with Crippen molar-refractivity contribution in [2.24, 2.45) is 0 Å². The van der Waals surface area contributed by atoms with Gasteiger partial charge in [-0.2, -0.15) is 4.31 Å². The number of benzene rings is 2. The second-order valence-corrected chi connectivity index (χ2v) is 10.7. The fourth-order valence-corrected chi connectivity index (χ4v) is 6.11. The van der Waals surface area contributed by atoms with Gasteiger partial charge in [-0.05, 0) is 31.2 Å². The first-order valence-corrected chi connectivity index (χ1v) is 12.6. The molecule has 0 aromatic heterocycles. The van der Waals surface area contributed by atoms with Gasteiger partial charge < -0.3 is 9.64 Å². The van der Waals surface area contributed by atoms with Crippen molar-refractivity contribution >= 4 is 39.1 Å². The molecule has 172 valence electrons. The molecule has 7 nitrogen and oxygen atoms in total. The summed E-state index contributed by atoms with van der Waals surface area (Å²) in [5.41, 5.74) is 1.49. The quantitative estimate of drug-likeness (QED) is 0.634. The Morgan fingerprint density at radius 3 is 2.38 bits per heavy atom. The van der Waals surface area contributed by atoms with E-state index < -0.39 is 16.2 Å². The number of halogens is 2. The van der Waals surface area contributed by atoms with Gasteiger partial charge in [0.2, 0.25) is 15.9 Å². The van der Waals surface area contributed by atoms with Crippen molar-refractivity contribution in [2.45, 2.75) is 18.0 Å². The van der Waals surface area contributed by atoms with E-state index in [2.05, 4.69) is 0 Å². The predicted molar refractivity (Wildman–Crippen MR) is 123 cm³/mol. The molecule has 2 aromatic rings. The third kappa shape index (κ3) is 4.81. The first-order chi connectivity index (χ1) is 15.3. The standard InChI is InChI=1S/C22H25Cl2N3O4S/c1-16-2-5-18(6-3-16)32(29,30)27-9-8-26(21(28)15-25-10-12-31-13-11-25)22(27)19-7-4-17(23)14-20(19)24/h2-7,14,22H,8-13,15H2,1H3. The summed E-state index contributed by atoms with van der Waals surface area (Å²) in [6.45, 7) is 5.03. The Bertz CT molecular complexity index is 1090. The maximum Gasteiger partial charge on any atom is 0.245 e. The lowest BCUT2D eigenvalue weighted by Crippen LogP contribution is -2.46. The zero-order valence-corrected chi connectivity index (χ0v) is 20.0. The molecule has 0 spiro atoms. The molecule has 0 N–H and O–H groups in total. The van der Waals surface area contributed by atoms with E-state index >= 15 is 0 Å². The molecule has 2 aromatic carbocycles. The van der Waals surface area contributed by atoms with Crippen LogP contribution < -0.4 is 0 Å². The topological polar surface area (TPSA) is 70.2 Å². The highest BCUT2D eigenvalue weighted by molar-refractivity contribution is 7.89. The van der Waals surface area contributed by atoms with Crippen molar-refractivity contribution in [2.75, 3.05) is 45.9 Å². The fraction of sp³-hybridized carbons (Fsp3) is 0.409. The van der Waals surface area contributed by atoms with E-state index in [1.807, 2.05) is 11.8 Å². The lowest BCUT2D eigenvalue weighted by molar-refractivity contribution is -0.135. The Hall–Kier alpha value is -1.68. The predicted octanol–water partition coefficient (Wildman–Crippen LogP) is 3.17. The van der Waals surface area contributed by atoms with Gasteiger partial charge in [0.05, 0.1) is 24.7 Å². The van der Waals surface area contributed by atoms with Crippen LogP contribution in [0.4, 0.5) is 0 Å². The summed E-state index contributed by atoms with van der Waals surface area (Å²) in [5.74, 6) is -0.149. The van der Waals surface area contributed by atoms with Crippen LogP contribution in [0.15, 0.2) is 47.4 Å². The van der Waals surface area contributed by atoms with Crippen LogP contribution in [0.2, 0.25) is 10.0 Å². The largest absolute Gasteiger partial charge is 0.379 e. The molecule has 0 saturated carbocycles. The van der Waals surface area contributed by atoms with E-state index in [0.717, 1.165) is 5.56 Å². The number of hydrogen-bond donors (Lipinski definition) is 0. The summed E-state index contributed by atoms with van der Waals surface area (Å²) >= 11 is 12.6. The summed E-state index contributed by atoms with van der Waals surface area (Å²) in [7, 11) is -3.86. The van der Waals surface area contributed by atoms with Crippen molar-refractivity contribution in [1.29, 1.82) is 0 Å². The summed E-state index contributed by atoms with van der Waals surface area (Å²) in [5, 5.41) is 0.758. The van der Waals surface area contributed by atoms with E-state index in [1.54, 1.807) is 47.4 Å². The Morgan fingerprint density at radius 2 is 1.72 bits per heavy atom. The number of morpholine rings is 1. The van der Waals surface area contributed by atoms with Crippen molar-refractivity contribution in [1.82, 2.24) is 14.1 Å². The van der Waals surface area contributed by atoms with Gasteiger partial charge >= 0.3 is 0 Å². The summed E-state index contributed by atoms with van der Waals surface area (Å²) in [6, 6.07) is 11.6. The molecule has 2 saturated heterocycles. The number of carbonyl (C=O) groups excluding carboxylic acids is 1. The molecule has 1 atom stereocenters. The normalized spacial score (nSPS) is 20.6. The number of carbonyl (C=O) groups is 1. The number of sulfonamides is 1. The van der Waals surface area contributed by atoms with Crippen LogP contribution in [-0.2, 0) is 19.6 Å². The van der Waals surface area contributed by atoms with E-state index in [0.29, 0.717) is 41.9 Å². The zero-order chi connectivity index (χ0) is 22.9. The molecular weight excluding hydrogens is 473 g/mol. The van der Waals surface area contributed by atoms with Crippen LogP contribution in [0.1, 0.15) is 17.3 Å². The Kier molecular flexibility index (Phi) is 7.09. The minimum Gasteiger partial charge on any atom is -0.379 e. The maximum atomic E-state index is 13.6. The molecule has 2 heterocycles. The van der Waals surface area contributed by atoms with Gasteiger partial charge in [-0.3, -0.25) is 9.69 Å². The molecule has 0 aliphatic carbocycles. The minimum absolute atomic E-state index is 0.149. The first-order valence-electron chi connectivity index (χ1n) is 10.4. The Morgan fingerprint density at radius 1 is 1.03 bits per heavy atom. The van der Waals surface area contributed by atoms with Gasteiger partial charge in [-0.15, -0.1) is 0 Å². The molecule has 1 amide bonds. The monoisotopic (exact) mass is 497 g/mol. The summed E-state index contributed by atoms with van der Waals surface area (Å²) in [4.78, 5) is 17.1. The maximum absolute atomic E-state index is 13.6. The van der Waals surface area contributed by atoms with Crippen LogP contribution in [-0.4, -0.2) is 74.4 Å². The molecule has 2 aliphatic heterocycles. The van der Waals surface area contributed by atoms with Crippen molar-refractivity contribution in [3.05, 3.63) is 63.6 Å². The molecule has 10 heteroatoms.